The number of hydrogen-bond donors (Lipinski definition) is 1. The third-order valence-corrected chi connectivity index (χ3v) is 4.79. The van der Waals surface area contributed by atoms with Crippen molar-refractivity contribution in [3.05, 3.63) is 0 Å². The van der Waals surface area contributed by atoms with E-state index in [-0.39, 0.29) is 11.5 Å². The summed E-state index contributed by atoms with van der Waals surface area (Å²) < 4.78 is 5.52. The van der Waals surface area contributed by atoms with Crippen molar-refractivity contribution in [1.29, 1.82) is 0 Å². The van der Waals surface area contributed by atoms with E-state index in [2.05, 4.69) is 24.1 Å². The van der Waals surface area contributed by atoms with E-state index in [1.54, 1.807) is 0 Å². The van der Waals surface area contributed by atoms with Crippen LogP contribution in [0.4, 0.5) is 4.79 Å². The molecule has 0 aromatic carbocycles. The smallest absolute Gasteiger partial charge is 0.410 e. The van der Waals surface area contributed by atoms with Crippen molar-refractivity contribution in [1.82, 2.24) is 15.1 Å². The number of likely N-dealkylation sites (tertiary alicyclic amines) is 1. The second-order valence-corrected chi connectivity index (χ2v) is 8.43. The highest BCUT2D eigenvalue weighted by molar-refractivity contribution is 5.68. The van der Waals surface area contributed by atoms with Crippen molar-refractivity contribution in [2.24, 2.45) is 11.3 Å². The van der Waals surface area contributed by atoms with Gasteiger partial charge < -0.3 is 19.9 Å². The average molecular weight is 311 g/mol. The number of ether oxygens (including phenoxy) is 1. The topological polar surface area (TPSA) is 44.8 Å². The van der Waals surface area contributed by atoms with Gasteiger partial charge in [-0.2, -0.15) is 0 Å². The Labute approximate surface area is 135 Å². The minimum absolute atomic E-state index is 0.139. The van der Waals surface area contributed by atoms with Crippen molar-refractivity contribution < 1.29 is 9.53 Å². The van der Waals surface area contributed by atoms with Gasteiger partial charge in [-0.3, -0.25) is 0 Å². The Balaban J connectivity index is 1.89. The third-order valence-electron chi connectivity index (χ3n) is 4.79. The molecule has 128 valence electrons. The maximum atomic E-state index is 12.3. The second kappa shape index (κ2) is 6.75. The van der Waals surface area contributed by atoms with Crippen LogP contribution in [0.15, 0.2) is 0 Å². The van der Waals surface area contributed by atoms with E-state index in [1.807, 2.05) is 25.7 Å². The number of piperazine rings is 1. The molecule has 2 heterocycles. The van der Waals surface area contributed by atoms with Crippen LogP contribution in [0.5, 0.6) is 0 Å². The zero-order valence-electron chi connectivity index (χ0n) is 14.9. The Bertz CT molecular complexity index is 384. The fourth-order valence-electron chi connectivity index (χ4n) is 3.43. The number of nitrogens with zero attached hydrogens (tertiary/aromatic N) is 2. The van der Waals surface area contributed by atoms with Crippen LogP contribution in [0.3, 0.4) is 0 Å². The van der Waals surface area contributed by atoms with Gasteiger partial charge >= 0.3 is 6.09 Å². The Morgan fingerprint density at radius 2 is 1.86 bits per heavy atom. The van der Waals surface area contributed by atoms with E-state index in [9.17, 15) is 4.79 Å². The maximum Gasteiger partial charge on any atom is 0.410 e. The molecule has 1 unspecified atom stereocenters. The van der Waals surface area contributed by atoms with Crippen LogP contribution in [-0.4, -0.2) is 67.3 Å². The summed E-state index contributed by atoms with van der Waals surface area (Å²) in [4.78, 5) is 16.7. The first-order chi connectivity index (χ1) is 10.2. The molecule has 1 atom stereocenters. The summed E-state index contributed by atoms with van der Waals surface area (Å²) >= 11 is 0. The van der Waals surface area contributed by atoms with Gasteiger partial charge in [-0.15, -0.1) is 0 Å². The normalized spacial score (nSPS) is 26.8. The van der Waals surface area contributed by atoms with Gasteiger partial charge in [-0.1, -0.05) is 13.8 Å². The fraction of sp³-hybridized carbons (Fsp3) is 0.941. The van der Waals surface area contributed by atoms with Gasteiger partial charge in [0.2, 0.25) is 0 Å². The van der Waals surface area contributed by atoms with Crippen molar-refractivity contribution in [3.8, 4) is 0 Å². The Morgan fingerprint density at radius 3 is 2.41 bits per heavy atom. The van der Waals surface area contributed by atoms with Gasteiger partial charge in [-0.25, -0.2) is 4.79 Å². The SMILES string of the molecule is CC(C)(C)OC(=O)N1CCC(CN2CCNCC2)C(C)(C)C1. The van der Waals surface area contributed by atoms with E-state index in [0.29, 0.717) is 5.92 Å². The lowest BCUT2D eigenvalue weighted by Gasteiger charge is -2.46. The predicted octanol–water partition coefficient (Wildman–Crippen LogP) is 2.17. The van der Waals surface area contributed by atoms with Crippen LogP contribution >= 0.6 is 0 Å². The van der Waals surface area contributed by atoms with Crippen molar-refractivity contribution in [2.45, 2.75) is 46.6 Å². The number of amides is 1. The Kier molecular flexibility index (Phi) is 5.38. The van der Waals surface area contributed by atoms with Crippen LogP contribution in [0.1, 0.15) is 41.0 Å². The summed E-state index contributed by atoms with van der Waals surface area (Å²) in [5.41, 5.74) is -0.279. The molecule has 0 spiro atoms. The second-order valence-electron chi connectivity index (χ2n) is 8.43. The summed E-state index contributed by atoms with van der Waals surface area (Å²) in [6, 6.07) is 0. The third kappa shape index (κ3) is 4.85. The zero-order chi connectivity index (χ0) is 16.4. The van der Waals surface area contributed by atoms with Crippen LogP contribution in [0, 0.1) is 11.3 Å². The average Bonchev–Trinajstić information content (AvgIpc) is 2.40. The maximum absolute atomic E-state index is 12.3. The van der Waals surface area contributed by atoms with Crippen molar-refractivity contribution in [2.75, 3.05) is 45.8 Å². The van der Waals surface area contributed by atoms with Crippen LogP contribution in [0.25, 0.3) is 0 Å². The summed E-state index contributed by atoms with van der Waals surface area (Å²) in [7, 11) is 0. The van der Waals surface area contributed by atoms with Gasteiger partial charge in [0.15, 0.2) is 0 Å². The summed E-state index contributed by atoms with van der Waals surface area (Å²) in [5.74, 6) is 0.643. The number of carbonyl (C=O) groups excluding carboxylic acids is 1. The molecule has 0 bridgehead atoms. The first-order valence-electron chi connectivity index (χ1n) is 8.58. The molecule has 2 fully saturated rings. The lowest BCUT2D eigenvalue weighted by Crippen LogP contribution is -2.53. The van der Waals surface area contributed by atoms with Crippen molar-refractivity contribution >= 4 is 6.09 Å². The standard InChI is InChI=1S/C17H33N3O2/c1-16(2,3)22-15(21)20-9-6-14(17(4,5)13-20)12-19-10-7-18-8-11-19/h14,18H,6-13H2,1-5H3. The molecule has 5 nitrogen and oxygen atoms in total. The first kappa shape index (κ1) is 17.5. The lowest BCUT2D eigenvalue weighted by atomic mass is 9.73. The number of nitrogens with one attached hydrogen (secondary N) is 1. The quantitative estimate of drug-likeness (QED) is 0.849. The molecule has 0 aromatic heterocycles. The number of piperidine rings is 1. The highest BCUT2D eigenvalue weighted by Gasteiger charge is 2.39. The van der Waals surface area contributed by atoms with E-state index in [0.717, 1.165) is 52.2 Å². The Morgan fingerprint density at radius 1 is 1.23 bits per heavy atom. The molecular weight excluding hydrogens is 278 g/mol. The number of hydrogen-bond acceptors (Lipinski definition) is 4. The van der Waals surface area contributed by atoms with Crippen molar-refractivity contribution in [3.63, 3.8) is 0 Å². The van der Waals surface area contributed by atoms with Gasteiger partial charge in [0, 0.05) is 45.8 Å². The van der Waals surface area contributed by atoms with Gasteiger partial charge in [0.05, 0.1) is 0 Å². The minimum atomic E-state index is -0.418. The summed E-state index contributed by atoms with van der Waals surface area (Å²) in [6.45, 7) is 17.6. The van der Waals surface area contributed by atoms with E-state index in [4.69, 9.17) is 4.74 Å². The summed E-state index contributed by atoms with van der Waals surface area (Å²) in [5, 5.41) is 3.41. The van der Waals surface area contributed by atoms with E-state index in [1.165, 1.54) is 0 Å². The predicted molar refractivity (Wildman–Crippen MR) is 89.0 cm³/mol. The van der Waals surface area contributed by atoms with Gasteiger partial charge in [0.25, 0.3) is 0 Å². The lowest BCUT2D eigenvalue weighted by molar-refractivity contribution is -0.0105. The molecule has 0 aromatic rings. The number of rotatable bonds is 2. The minimum Gasteiger partial charge on any atom is -0.444 e. The van der Waals surface area contributed by atoms with Crippen LogP contribution < -0.4 is 5.32 Å². The molecule has 5 heteroatoms. The molecule has 2 aliphatic heterocycles. The monoisotopic (exact) mass is 311 g/mol. The molecular formula is C17H33N3O2. The summed E-state index contributed by atoms with van der Waals surface area (Å²) in [6.07, 6.45) is 0.900. The highest BCUT2D eigenvalue weighted by atomic mass is 16.6. The van der Waals surface area contributed by atoms with Crippen LogP contribution in [0.2, 0.25) is 0 Å². The van der Waals surface area contributed by atoms with Crippen LogP contribution in [-0.2, 0) is 4.74 Å². The molecule has 2 saturated heterocycles. The molecule has 2 aliphatic rings. The van der Waals surface area contributed by atoms with Gasteiger partial charge in [0.1, 0.15) is 5.60 Å². The molecule has 0 radical (unpaired) electrons. The van der Waals surface area contributed by atoms with E-state index < -0.39 is 5.60 Å². The molecule has 22 heavy (non-hydrogen) atoms. The number of carbonyl (C=O) groups is 1. The molecule has 1 N–H and O–H groups in total. The molecule has 0 aliphatic carbocycles. The molecule has 0 saturated carbocycles. The zero-order valence-corrected chi connectivity index (χ0v) is 14.9. The van der Waals surface area contributed by atoms with E-state index >= 15 is 0 Å². The largest absolute Gasteiger partial charge is 0.444 e. The Hall–Kier alpha value is -0.810. The first-order valence-corrected chi connectivity index (χ1v) is 8.58. The molecule has 2 rings (SSSR count). The highest BCUT2D eigenvalue weighted by Crippen LogP contribution is 2.36. The fourth-order valence-corrected chi connectivity index (χ4v) is 3.43. The van der Waals surface area contributed by atoms with Gasteiger partial charge in [-0.05, 0) is 38.5 Å². The molecule has 1 amide bonds.